The van der Waals surface area contributed by atoms with E-state index in [1.807, 2.05) is 13.0 Å². The van der Waals surface area contributed by atoms with Crippen molar-refractivity contribution in [2.45, 2.75) is 32.4 Å². The monoisotopic (exact) mass is 787 g/mol. The van der Waals surface area contributed by atoms with Crippen LogP contribution in [0.2, 0.25) is 5.02 Å². The third-order valence-electron chi connectivity index (χ3n) is 9.97. The zero-order chi connectivity index (χ0) is 40.4. The normalized spacial score (nSPS) is 11.9. The molecule has 0 saturated carbocycles. The molecule has 5 aromatic rings. The molecule has 1 unspecified atom stereocenters. The quantitative estimate of drug-likeness (QED) is 0.0452. The molecule has 7 rings (SSSR count). The number of carboxylic acids is 1. The van der Waals surface area contributed by atoms with Crippen LogP contribution in [0.4, 0.5) is 0 Å². The number of phenolic OH excluding ortho intramolecular Hbond substituents is 1. The van der Waals surface area contributed by atoms with E-state index in [0.29, 0.717) is 86.7 Å². The zero-order valence-electron chi connectivity index (χ0n) is 31.0. The van der Waals surface area contributed by atoms with Gasteiger partial charge in [-0.25, -0.2) is 4.79 Å². The van der Waals surface area contributed by atoms with Gasteiger partial charge < -0.3 is 29.8 Å². The number of aromatic nitrogens is 1. The Kier molecular flexibility index (Phi) is 11.1. The first-order valence-corrected chi connectivity index (χ1v) is 18.5. The van der Waals surface area contributed by atoms with Crippen molar-refractivity contribution in [2.75, 3.05) is 20.2 Å². The van der Waals surface area contributed by atoms with E-state index in [2.05, 4.69) is 10.6 Å². The molecule has 13 heteroatoms. The van der Waals surface area contributed by atoms with E-state index in [1.54, 1.807) is 66.3 Å². The van der Waals surface area contributed by atoms with Gasteiger partial charge in [0, 0.05) is 56.9 Å². The molecule has 2 heterocycles. The third-order valence-corrected chi connectivity index (χ3v) is 10.2. The molecule has 1 aliphatic heterocycles. The molecule has 0 fully saturated rings. The van der Waals surface area contributed by atoms with Gasteiger partial charge in [-0.05, 0) is 122 Å². The first-order valence-electron chi connectivity index (χ1n) is 18.2. The number of carboxylic acid groups (broad SMARTS) is 1. The highest BCUT2D eigenvalue weighted by molar-refractivity contribution is 6.30. The smallest absolute Gasteiger partial charge is 0.336 e. The summed E-state index contributed by atoms with van der Waals surface area (Å²) in [6.45, 7) is 2.57. The number of amides is 1. The predicted molar refractivity (Wildman–Crippen MR) is 216 cm³/mol. The van der Waals surface area contributed by atoms with Crippen LogP contribution in [0.5, 0.6) is 11.5 Å². The van der Waals surface area contributed by atoms with Crippen molar-refractivity contribution in [3.05, 3.63) is 140 Å². The van der Waals surface area contributed by atoms with Gasteiger partial charge >= 0.3 is 5.97 Å². The van der Waals surface area contributed by atoms with E-state index in [9.17, 15) is 34.5 Å². The lowest BCUT2D eigenvalue weighted by Crippen LogP contribution is -2.28. The van der Waals surface area contributed by atoms with E-state index < -0.39 is 12.2 Å². The van der Waals surface area contributed by atoms with Crippen LogP contribution in [0.15, 0.2) is 106 Å². The average Bonchev–Trinajstić information content (AvgIpc) is 3.46. The number of nitrogens with zero attached hydrogens (tertiary/aromatic N) is 1. The molecule has 1 aromatic heterocycles. The van der Waals surface area contributed by atoms with Crippen LogP contribution in [0.3, 0.4) is 0 Å². The van der Waals surface area contributed by atoms with Gasteiger partial charge in [-0.3, -0.25) is 24.3 Å². The minimum atomic E-state index is -1.19. The van der Waals surface area contributed by atoms with Gasteiger partial charge in [-0.1, -0.05) is 17.7 Å². The van der Waals surface area contributed by atoms with Crippen molar-refractivity contribution in [2.24, 2.45) is 0 Å². The highest BCUT2D eigenvalue weighted by atomic mass is 35.5. The number of hydrogen-bond acceptors (Lipinski definition) is 9. The molecule has 290 valence electrons. The summed E-state index contributed by atoms with van der Waals surface area (Å²) in [5, 5.41) is 39.2. The lowest BCUT2D eigenvalue weighted by atomic mass is 9.89. The number of aromatic carboxylic acids is 1. The summed E-state index contributed by atoms with van der Waals surface area (Å²) < 4.78 is 13.0. The topological polar surface area (TPSA) is 180 Å². The highest BCUT2D eigenvalue weighted by Crippen LogP contribution is 2.42. The Morgan fingerprint density at radius 2 is 1.65 bits per heavy atom. The zero-order valence-corrected chi connectivity index (χ0v) is 31.7. The maximum Gasteiger partial charge on any atom is 0.336 e. The summed E-state index contributed by atoms with van der Waals surface area (Å²) in [7, 11) is 1.56. The van der Waals surface area contributed by atoms with E-state index in [4.69, 9.17) is 20.8 Å². The van der Waals surface area contributed by atoms with Gasteiger partial charge in [0.05, 0.1) is 24.6 Å². The number of ether oxygens (including phenoxy) is 1. The Labute approximate surface area is 331 Å². The SMILES string of the molecule is COc1ccc2c(c1)c(CC(=O)NCCCCNC(O)c1ccc(C(=O)O)c(-c3c4ccc(=O)cc-4oc4cc(O)ccc34)c1)c(C)n2C(=O)c1ccc(Cl)cc1. The fourth-order valence-corrected chi connectivity index (χ4v) is 7.25. The molecule has 0 saturated heterocycles. The number of nitrogens with one attached hydrogen (secondary N) is 2. The number of methoxy groups -OCH3 is 1. The van der Waals surface area contributed by atoms with Gasteiger partial charge in [0.15, 0.2) is 5.43 Å². The number of rotatable bonds is 13. The number of aliphatic hydroxyl groups is 1. The third kappa shape index (κ3) is 7.96. The summed E-state index contributed by atoms with van der Waals surface area (Å²) in [6.07, 6.45) is 0.0795. The number of unbranched alkanes of at least 4 members (excludes halogenated alkanes) is 1. The van der Waals surface area contributed by atoms with Crippen LogP contribution in [-0.2, 0) is 11.2 Å². The Morgan fingerprint density at radius 1 is 0.877 bits per heavy atom. The maximum atomic E-state index is 13.6. The summed E-state index contributed by atoms with van der Waals surface area (Å²) in [4.78, 5) is 51.4. The number of carbonyl (C=O) groups excluding carboxylic acids is 2. The number of carbonyl (C=O) groups is 3. The molecule has 4 aromatic carbocycles. The van der Waals surface area contributed by atoms with Gasteiger partial charge in [0.1, 0.15) is 29.1 Å². The van der Waals surface area contributed by atoms with Gasteiger partial charge in [0.25, 0.3) is 5.91 Å². The van der Waals surface area contributed by atoms with Crippen molar-refractivity contribution in [3.63, 3.8) is 0 Å². The Bertz CT molecular complexity index is 2700. The minimum absolute atomic E-state index is 0.0261. The maximum absolute atomic E-state index is 13.6. The molecule has 0 spiro atoms. The van der Waals surface area contributed by atoms with Crippen molar-refractivity contribution in [1.82, 2.24) is 15.2 Å². The van der Waals surface area contributed by atoms with Gasteiger partial charge in [0.2, 0.25) is 5.91 Å². The molecule has 0 bridgehead atoms. The number of hydrogen-bond donors (Lipinski definition) is 5. The number of phenols is 1. The molecule has 1 aliphatic carbocycles. The van der Waals surface area contributed by atoms with Gasteiger partial charge in [-0.2, -0.15) is 0 Å². The van der Waals surface area contributed by atoms with E-state index in [0.717, 1.165) is 5.39 Å². The fraction of sp³-hybridized carbons (Fsp3) is 0.182. The van der Waals surface area contributed by atoms with Crippen molar-refractivity contribution in [3.8, 4) is 33.9 Å². The number of fused-ring (bicyclic) bond motifs is 3. The van der Waals surface area contributed by atoms with E-state index in [-0.39, 0.29) is 46.3 Å². The summed E-state index contributed by atoms with van der Waals surface area (Å²) in [5.74, 6) is -0.892. The number of aliphatic hydroxyl groups excluding tert-OH is 1. The number of aromatic hydroxyl groups is 1. The molecule has 2 aliphatic rings. The Hall–Kier alpha value is -6.47. The largest absolute Gasteiger partial charge is 0.508 e. The molecule has 1 atom stereocenters. The van der Waals surface area contributed by atoms with Crippen molar-refractivity contribution in [1.29, 1.82) is 0 Å². The van der Waals surface area contributed by atoms with Crippen LogP contribution in [0.1, 0.15) is 56.6 Å². The molecule has 57 heavy (non-hydrogen) atoms. The van der Waals surface area contributed by atoms with Gasteiger partial charge in [-0.15, -0.1) is 0 Å². The van der Waals surface area contributed by atoms with Crippen LogP contribution in [0, 0.1) is 6.92 Å². The first-order chi connectivity index (χ1) is 27.4. The fourth-order valence-electron chi connectivity index (χ4n) is 7.13. The van der Waals surface area contributed by atoms with E-state index >= 15 is 0 Å². The van der Waals surface area contributed by atoms with E-state index in [1.165, 1.54) is 36.4 Å². The van der Waals surface area contributed by atoms with Crippen LogP contribution in [-0.4, -0.2) is 57.9 Å². The first kappa shape index (κ1) is 38.8. The Morgan fingerprint density at radius 3 is 2.40 bits per heavy atom. The molecule has 1 amide bonds. The van der Waals surface area contributed by atoms with Crippen molar-refractivity contribution >= 4 is 51.3 Å². The highest BCUT2D eigenvalue weighted by Gasteiger charge is 2.25. The Balaban J connectivity index is 1.01. The molecule has 5 N–H and O–H groups in total. The molecular formula is C44H38ClN3O9. The minimum Gasteiger partial charge on any atom is -0.508 e. The second-order valence-electron chi connectivity index (χ2n) is 13.6. The van der Waals surface area contributed by atoms with Crippen molar-refractivity contribution < 1.29 is 38.9 Å². The summed E-state index contributed by atoms with van der Waals surface area (Å²) in [5.41, 5.74) is 4.06. The van der Waals surface area contributed by atoms with Crippen LogP contribution in [0.25, 0.3) is 44.3 Å². The predicted octanol–water partition coefficient (Wildman–Crippen LogP) is 7.30. The second-order valence-corrected chi connectivity index (χ2v) is 14.0. The standard InChI is InChI=1S/C44H38ClN3O9/c1-24-34(35-22-30(56-2)12-16-37(35)48(24)43(53)25-5-8-27(45)9-6-25)23-40(51)46-17-3-4-18-47-42(52)26-7-13-31(44(54)55)36(19-26)41-32-14-10-28(49)20-38(32)57-39-21-29(50)11-15-33(39)41/h5-16,19-22,42,47,49,52H,3-4,17-18,23H2,1-2H3,(H,46,51)(H,54,55). The number of benzene rings is 5. The van der Waals surface area contributed by atoms with Crippen LogP contribution >= 0.6 is 11.6 Å². The molecular weight excluding hydrogens is 750 g/mol. The summed E-state index contributed by atoms with van der Waals surface area (Å²) >= 11 is 6.04. The lowest BCUT2D eigenvalue weighted by Gasteiger charge is -2.19. The summed E-state index contributed by atoms with van der Waals surface area (Å²) in [6, 6.07) is 25.3. The molecule has 12 nitrogen and oxygen atoms in total. The number of halogens is 1. The second kappa shape index (κ2) is 16.3. The molecule has 0 radical (unpaired) electrons. The van der Waals surface area contributed by atoms with Crippen LogP contribution < -0.4 is 20.8 Å². The lowest BCUT2D eigenvalue weighted by molar-refractivity contribution is -0.120. The average molecular weight is 788 g/mol.